The van der Waals surface area contributed by atoms with Gasteiger partial charge in [0.15, 0.2) is 0 Å². The number of nitrogens with zero attached hydrogens (tertiary/aromatic N) is 1. The minimum Gasteiger partial charge on any atom is -0.347 e. The summed E-state index contributed by atoms with van der Waals surface area (Å²) < 4.78 is 2.41. The predicted octanol–water partition coefficient (Wildman–Crippen LogP) is 3.96. The summed E-state index contributed by atoms with van der Waals surface area (Å²) in [7, 11) is 0. The van der Waals surface area contributed by atoms with Crippen LogP contribution in [0.1, 0.15) is 18.9 Å². The van der Waals surface area contributed by atoms with Gasteiger partial charge in [-0.1, -0.05) is 25.1 Å². The van der Waals surface area contributed by atoms with Crippen molar-refractivity contribution in [2.75, 3.05) is 12.0 Å². The minimum atomic E-state index is 1.11. The molecule has 2 aromatic rings. The van der Waals surface area contributed by atoms with E-state index in [1.165, 1.54) is 28.6 Å². The maximum atomic E-state index is 2.41. The maximum Gasteiger partial charge on any atom is 0.0512 e. The van der Waals surface area contributed by atoms with Gasteiger partial charge < -0.3 is 4.57 Å². The lowest BCUT2D eigenvalue weighted by molar-refractivity contribution is 0.707. The molecule has 0 unspecified atom stereocenters. The lowest BCUT2D eigenvalue weighted by atomic mass is 10.1. The second-order valence-corrected chi connectivity index (χ2v) is 5.05. The number of rotatable bonds is 5. The van der Waals surface area contributed by atoms with Crippen LogP contribution in [0.4, 0.5) is 0 Å². The number of hydrogen-bond donors (Lipinski definition) is 0. The predicted molar refractivity (Wildman–Crippen MR) is 74.3 cm³/mol. The largest absolute Gasteiger partial charge is 0.347 e. The summed E-state index contributed by atoms with van der Waals surface area (Å²) in [5.74, 6) is 1.24. The molecule has 0 saturated carbocycles. The molecule has 0 aliphatic heterocycles. The lowest BCUT2D eigenvalue weighted by Crippen LogP contribution is -1.99. The van der Waals surface area contributed by atoms with Crippen molar-refractivity contribution in [2.45, 2.75) is 26.3 Å². The summed E-state index contributed by atoms with van der Waals surface area (Å²) in [5, 5.41) is 1.38. The summed E-state index contributed by atoms with van der Waals surface area (Å²) in [4.78, 5) is 0. The fourth-order valence-electron chi connectivity index (χ4n) is 2.19. The van der Waals surface area contributed by atoms with Crippen molar-refractivity contribution in [1.29, 1.82) is 0 Å². The van der Waals surface area contributed by atoms with Crippen LogP contribution in [0.3, 0.4) is 0 Å². The number of aryl methyl sites for hydroxylation is 2. The van der Waals surface area contributed by atoms with E-state index < -0.39 is 0 Å². The highest BCUT2D eigenvalue weighted by atomic mass is 32.2. The normalized spacial score (nSPS) is 11.1. The number of thioether (sulfide) groups is 1. The molecule has 1 nitrogen and oxygen atoms in total. The molecular weight excluding hydrogens is 214 g/mol. The Morgan fingerprint density at radius 2 is 2.12 bits per heavy atom. The third-order valence-corrected chi connectivity index (χ3v) is 3.70. The van der Waals surface area contributed by atoms with Crippen molar-refractivity contribution in [1.82, 2.24) is 4.57 Å². The van der Waals surface area contributed by atoms with Crippen molar-refractivity contribution in [2.24, 2.45) is 0 Å². The topological polar surface area (TPSA) is 4.93 Å². The highest BCUT2D eigenvalue weighted by Crippen LogP contribution is 2.21. The Morgan fingerprint density at radius 1 is 1.25 bits per heavy atom. The average molecular weight is 233 g/mol. The molecule has 1 aromatic heterocycles. The van der Waals surface area contributed by atoms with E-state index in [1.54, 1.807) is 0 Å². The Bertz CT molecular complexity index is 459. The van der Waals surface area contributed by atoms with Gasteiger partial charge in [0.1, 0.15) is 0 Å². The van der Waals surface area contributed by atoms with E-state index in [0.717, 1.165) is 13.0 Å². The number of aromatic nitrogens is 1. The van der Waals surface area contributed by atoms with Crippen LogP contribution >= 0.6 is 11.8 Å². The van der Waals surface area contributed by atoms with Gasteiger partial charge >= 0.3 is 0 Å². The molecule has 86 valence electrons. The smallest absolute Gasteiger partial charge is 0.0512 e. The van der Waals surface area contributed by atoms with E-state index in [-0.39, 0.29) is 0 Å². The van der Waals surface area contributed by atoms with E-state index >= 15 is 0 Å². The van der Waals surface area contributed by atoms with Crippen LogP contribution < -0.4 is 0 Å². The van der Waals surface area contributed by atoms with Crippen molar-refractivity contribution in [3.05, 3.63) is 36.0 Å². The Labute approximate surface area is 102 Å². The summed E-state index contributed by atoms with van der Waals surface area (Å²) in [6.45, 7) is 3.37. The molecule has 0 N–H and O–H groups in total. The van der Waals surface area contributed by atoms with Crippen LogP contribution in [0.25, 0.3) is 10.9 Å². The first-order valence-electron chi connectivity index (χ1n) is 5.92. The van der Waals surface area contributed by atoms with Gasteiger partial charge in [0.25, 0.3) is 0 Å². The van der Waals surface area contributed by atoms with E-state index in [4.69, 9.17) is 0 Å². The minimum absolute atomic E-state index is 1.11. The Morgan fingerprint density at radius 3 is 2.88 bits per heavy atom. The molecule has 1 heterocycles. The van der Waals surface area contributed by atoms with Gasteiger partial charge in [-0.3, -0.25) is 0 Å². The Hall–Kier alpha value is -0.890. The maximum absolute atomic E-state index is 2.41. The quantitative estimate of drug-likeness (QED) is 0.708. The van der Waals surface area contributed by atoms with Crippen LogP contribution in [0.5, 0.6) is 0 Å². The zero-order chi connectivity index (χ0) is 11.4. The van der Waals surface area contributed by atoms with E-state index in [0.29, 0.717) is 0 Å². The summed E-state index contributed by atoms with van der Waals surface area (Å²) in [6, 6.07) is 8.84. The number of fused-ring (bicyclic) bond motifs is 1. The van der Waals surface area contributed by atoms with Gasteiger partial charge in [0.05, 0.1) is 5.52 Å². The summed E-state index contributed by atoms with van der Waals surface area (Å²) >= 11 is 1.93. The van der Waals surface area contributed by atoms with Crippen LogP contribution in [0, 0.1) is 0 Å². The van der Waals surface area contributed by atoms with E-state index in [9.17, 15) is 0 Å². The van der Waals surface area contributed by atoms with Crippen molar-refractivity contribution < 1.29 is 0 Å². The second kappa shape index (κ2) is 5.44. The van der Waals surface area contributed by atoms with Gasteiger partial charge in [-0.2, -0.15) is 11.8 Å². The van der Waals surface area contributed by atoms with Crippen molar-refractivity contribution in [3.8, 4) is 0 Å². The first kappa shape index (κ1) is 11.6. The van der Waals surface area contributed by atoms with Crippen LogP contribution in [0.2, 0.25) is 0 Å². The third-order valence-electron chi connectivity index (χ3n) is 3.00. The van der Waals surface area contributed by atoms with Crippen LogP contribution in [0.15, 0.2) is 30.5 Å². The molecule has 1 aromatic carbocycles. The molecule has 0 aliphatic rings. The fourth-order valence-corrected chi connectivity index (χ4v) is 2.61. The number of benzene rings is 1. The zero-order valence-corrected chi connectivity index (χ0v) is 10.9. The summed E-state index contributed by atoms with van der Waals surface area (Å²) in [6.07, 6.45) is 6.77. The lowest BCUT2D eigenvalue weighted by Gasteiger charge is -2.08. The van der Waals surface area contributed by atoms with Gasteiger partial charge in [-0.15, -0.1) is 0 Å². The summed E-state index contributed by atoms with van der Waals surface area (Å²) in [5.41, 5.74) is 2.90. The van der Waals surface area contributed by atoms with Crippen LogP contribution in [-0.2, 0) is 13.0 Å². The molecule has 0 spiro atoms. The highest BCUT2D eigenvalue weighted by molar-refractivity contribution is 7.98. The van der Waals surface area contributed by atoms with Gasteiger partial charge in [0, 0.05) is 12.7 Å². The number of para-hydroxylation sites is 1. The van der Waals surface area contributed by atoms with E-state index in [2.05, 4.69) is 48.2 Å². The SMILES string of the molecule is CCc1cccc2ccn(CCCSC)c12. The monoisotopic (exact) mass is 233 g/mol. The zero-order valence-electron chi connectivity index (χ0n) is 10.1. The van der Waals surface area contributed by atoms with Crippen molar-refractivity contribution in [3.63, 3.8) is 0 Å². The molecule has 0 aliphatic carbocycles. The highest BCUT2D eigenvalue weighted by Gasteiger charge is 2.04. The standard InChI is InChI=1S/C14H19NS/c1-3-12-6-4-7-13-8-10-15(14(12)13)9-5-11-16-2/h4,6-8,10H,3,5,9,11H2,1-2H3. The van der Waals surface area contributed by atoms with Gasteiger partial charge in [0.2, 0.25) is 0 Å². The molecule has 2 heteroatoms. The molecule has 0 radical (unpaired) electrons. The third kappa shape index (κ3) is 2.27. The molecular formula is C14H19NS. The number of hydrogen-bond acceptors (Lipinski definition) is 1. The van der Waals surface area contributed by atoms with Crippen LogP contribution in [-0.4, -0.2) is 16.6 Å². The average Bonchev–Trinajstić information content (AvgIpc) is 2.73. The first-order valence-corrected chi connectivity index (χ1v) is 7.32. The van der Waals surface area contributed by atoms with Gasteiger partial charge in [-0.05, 0) is 41.9 Å². The van der Waals surface area contributed by atoms with Gasteiger partial charge in [-0.25, -0.2) is 0 Å². The second-order valence-electron chi connectivity index (χ2n) is 4.06. The molecule has 16 heavy (non-hydrogen) atoms. The Kier molecular flexibility index (Phi) is 3.94. The van der Waals surface area contributed by atoms with Crippen molar-refractivity contribution >= 4 is 22.7 Å². The van der Waals surface area contributed by atoms with E-state index in [1.807, 2.05) is 11.8 Å². The Balaban J connectivity index is 2.30. The molecule has 0 fully saturated rings. The molecule has 0 bridgehead atoms. The molecule has 0 saturated heterocycles. The molecule has 2 rings (SSSR count). The fraction of sp³-hybridized carbons (Fsp3) is 0.429. The first-order chi connectivity index (χ1) is 7.86. The molecule has 0 atom stereocenters. The molecule has 0 amide bonds.